The van der Waals surface area contributed by atoms with Crippen LogP contribution in [-0.2, 0) is 16.3 Å². The minimum absolute atomic E-state index is 0.247. The third-order valence-electron chi connectivity index (χ3n) is 1.01. The predicted molar refractivity (Wildman–Crippen MR) is 47.5 cm³/mol. The SMILES string of the molecule is [CH2-]c1cc(F)ccc1Br.[Zn+][Br]. The van der Waals surface area contributed by atoms with Crippen molar-refractivity contribution in [2.24, 2.45) is 0 Å². The molecule has 0 aliphatic heterocycles. The van der Waals surface area contributed by atoms with Crippen LogP contribution in [0.3, 0.4) is 0 Å². The fourth-order valence-electron chi connectivity index (χ4n) is 0.543. The summed E-state index contributed by atoms with van der Waals surface area (Å²) in [6, 6.07) is 4.40. The summed E-state index contributed by atoms with van der Waals surface area (Å²) in [4.78, 5) is 0. The van der Waals surface area contributed by atoms with Gasteiger partial charge in [-0.1, -0.05) is 10.5 Å². The molecule has 0 radical (unpaired) electrons. The Bertz CT molecular complexity index is 228. The van der Waals surface area contributed by atoms with Gasteiger partial charge in [0.2, 0.25) is 0 Å². The molecule has 1 aromatic rings. The number of hydrogen-bond acceptors (Lipinski definition) is 0. The fraction of sp³-hybridized carbons (Fsp3) is 0. The van der Waals surface area contributed by atoms with Crippen LogP contribution in [-0.4, -0.2) is 0 Å². The summed E-state index contributed by atoms with van der Waals surface area (Å²) < 4.78 is 13.1. The van der Waals surface area contributed by atoms with Crippen LogP contribution in [0.15, 0.2) is 22.7 Å². The van der Waals surface area contributed by atoms with E-state index in [0.29, 0.717) is 5.56 Å². The van der Waals surface area contributed by atoms with E-state index < -0.39 is 0 Å². The van der Waals surface area contributed by atoms with Crippen LogP contribution < -0.4 is 0 Å². The molecule has 1 aromatic carbocycles. The molecule has 0 bridgehead atoms. The Morgan fingerprint density at radius 3 is 2.27 bits per heavy atom. The van der Waals surface area contributed by atoms with Crippen LogP contribution in [0.5, 0.6) is 0 Å². The quantitative estimate of drug-likeness (QED) is 0.503. The molecule has 0 saturated heterocycles. The standard InChI is InChI=1S/C7H5BrF.BrH.Zn/c1-5-4-6(9)2-3-7(5)8;;/h2-4H,1H2;1H;/q-1;;+2/p-1. The first-order valence-corrected chi connectivity index (χ1v) is 10.5. The van der Waals surface area contributed by atoms with E-state index in [1.54, 1.807) is 6.07 Å². The summed E-state index contributed by atoms with van der Waals surface area (Å²) in [5, 5.41) is 0. The molecule has 0 aromatic heterocycles. The number of halogens is 3. The summed E-state index contributed by atoms with van der Waals surface area (Å²) >= 11 is 7.45. The Labute approximate surface area is 90.7 Å². The Hall–Kier alpha value is 0.603. The van der Waals surface area contributed by atoms with Gasteiger partial charge in [-0.3, -0.25) is 0 Å². The maximum absolute atomic E-state index is 12.3. The van der Waals surface area contributed by atoms with Crippen molar-refractivity contribution in [2.45, 2.75) is 0 Å². The molecule has 56 valence electrons. The van der Waals surface area contributed by atoms with Gasteiger partial charge in [-0.15, -0.1) is 28.1 Å². The minimum atomic E-state index is -0.247. The second-order valence-corrected chi connectivity index (χ2v) is 2.59. The van der Waals surface area contributed by atoms with Crippen LogP contribution in [0.2, 0.25) is 0 Å². The third kappa shape index (κ3) is 4.24. The average molecular weight is 333 g/mol. The van der Waals surface area contributed by atoms with Gasteiger partial charge in [0.15, 0.2) is 0 Å². The second-order valence-electron chi connectivity index (χ2n) is 1.74. The van der Waals surface area contributed by atoms with Crippen LogP contribution in [0.25, 0.3) is 0 Å². The van der Waals surface area contributed by atoms with E-state index in [9.17, 15) is 4.39 Å². The van der Waals surface area contributed by atoms with E-state index in [-0.39, 0.29) is 5.82 Å². The first-order chi connectivity index (χ1) is 5.20. The molecule has 0 N–H and O–H groups in total. The molecule has 0 fully saturated rings. The second kappa shape index (κ2) is 6.16. The molecule has 0 saturated carbocycles. The molecule has 0 nitrogen and oxygen atoms in total. The molecule has 11 heavy (non-hydrogen) atoms. The van der Waals surface area contributed by atoms with Crippen molar-refractivity contribution >= 4 is 29.6 Å². The molecule has 4 heteroatoms. The fourth-order valence-corrected chi connectivity index (χ4v) is 0.790. The van der Waals surface area contributed by atoms with Crippen molar-refractivity contribution in [3.63, 3.8) is 0 Å². The van der Waals surface area contributed by atoms with Gasteiger partial charge in [-0.25, -0.2) is 4.39 Å². The van der Waals surface area contributed by atoms with Gasteiger partial charge >= 0.3 is 30.0 Å². The van der Waals surface area contributed by atoms with Crippen molar-refractivity contribution in [3.05, 3.63) is 41.0 Å². The normalized spacial score (nSPS) is 8.45. The third-order valence-corrected chi connectivity index (χ3v) is 1.78. The molecule has 0 amide bonds. The summed E-state index contributed by atoms with van der Waals surface area (Å²) in [6.07, 6.45) is 0. The number of benzene rings is 1. The number of hydrogen-bond donors (Lipinski definition) is 0. The van der Waals surface area contributed by atoms with Gasteiger partial charge in [0.25, 0.3) is 0 Å². The van der Waals surface area contributed by atoms with E-state index in [1.807, 2.05) is 0 Å². The number of rotatable bonds is 0. The van der Waals surface area contributed by atoms with Crippen molar-refractivity contribution in [1.82, 2.24) is 0 Å². The molecule has 0 heterocycles. The van der Waals surface area contributed by atoms with Crippen LogP contribution in [0.1, 0.15) is 5.56 Å². The molecule has 0 aliphatic carbocycles. The van der Waals surface area contributed by atoms with Crippen molar-refractivity contribution in [1.29, 1.82) is 0 Å². The molecule has 0 atom stereocenters. The van der Waals surface area contributed by atoms with Crippen LogP contribution >= 0.6 is 29.6 Å². The van der Waals surface area contributed by atoms with E-state index in [0.717, 1.165) is 4.47 Å². The van der Waals surface area contributed by atoms with Gasteiger partial charge in [0.05, 0.1) is 5.82 Å². The first kappa shape index (κ1) is 11.6. The van der Waals surface area contributed by atoms with Gasteiger partial charge in [0.1, 0.15) is 0 Å². The van der Waals surface area contributed by atoms with E-state index in [2.05, 4.69) is 36.5 Å². The monoisotopic (exact) mass is 330 g/mol. The molecule has 0 spiro atoms. The Morgan fingerprint density at radius 2 is 1.91 bits per heavy atom. The van der Waals surface area contributed by atoms with E-state index in [4.69, 9.17) is 0 Å². The molecule has 0 aliphatic rings. The predicted octanol–water partition coefficient (Wildman–Crippen LogP) is 3.61. The van der Waals surface area contributed by atoms with Crippen LogP contribution in [0.4, 0.5) is 4.39 Å². The Kier molecular flexibility index (Phi) is 6.49. The van der Waals surface area contributed by atoms with Gasteiger partial charge in [-0.05, 0) is 0 Å². The summed E-state index contributed by atoms with van der Waals surface area (Å²) in [7, 11) is 0. The molecular formula is C7H5Br2FZn. The molecule has 0 unspecified atom stereocenters. The Morgan fingerprint density at radius 1 is 1.36 bits per heavy atom. The van der Waals surface area contributed by atoms with Gasteiger partial charge in [-0.2, -0.15) is 12.5 Å². The van der Waals surface area contributed by atoms with Crippen molar-refractivity contribution < 1.29 is 20.7 Å². The maximum atomic E-state index is 12.3. The molecule has 1 rings (SSSR count). The zero-order valence-corrected chi connectivity index (χ0v) is 11.9. The van der Waals surface area contributed by atoms with Crippen molar-refractivity contribution in [2.75, 3.05) is 0 Å². The first-order valence-electron chi connectivity index (χ1n) is 2.74. The van der Waals surface area contributed by atoms with Crippen LogP contribution in [0, 0.1) is 12.7 Å². The molecular weight excluding hydrogens is 328 g/mol. The Balaban J connectivity index is 0.000000461. The van der Waals surface area contributed by atoms with E-state index in [1.165, 1.54) is 28.5 Å². The summed E-state index contributed by atoms with van der Waals surface area (Å²) in [6.45, 7) is 3.59. The zero-order valence-electron chi connectivity index (χ0n) is 5.78. The van der Waals surface area contributed by atoms with E-state index >= 15 is 0 Å². The topological polar surface area (TPSA) is 0 Å². The summed E-state index contributed by atoms with van der Waals surface area (Å²) in [5.74, 6) is -0.247. The van der Waals surface area contributed by atoms with Gasteiger partial charge in [0, 0.05) is 0 Å². The average Bonchev–Trinajstić information content (AvgIpc) is 2.02. The van der Waals surface area contributed by atoms with Gasteiger partial charge < -0.3 is 0 Å². The zero-order chi connectivity index (χ0) is 8.85. The van der Waals surface area contributed by atoms with Crippen molar-refractivity contribution in [3.8, 4) is 0 Å². The summed E-state index contributed by atoms with van der Waals surface area (Å²) in [5.41, 5.74) is 0.676.